The number of guanidine groups is 1. The van der Waals surface area contributed by atoms with Gasteiger partial charge in [0.15, 0.2) is 12.2 Å². The van der Waals surface area contributed by atoms with E-state index in [2.05, 4.69) is 21.1 Å². The Morgan fingerprint density at radius 2 is 2.12 bits per heavy atom. The molecule has 138 valence electrons. The summed E-state index contributed by atoms with van der Waals surface area (Å²) in [5.74, 6) is 0.138. The maximum atomic E-state index is 11.7. The van der Waals surface area contributed by atoms with E-state index in [-0.39, 0.29) is 18.2 Å². The van der Waals surface area contributed by atoms with E-state index in [9.17, 15) is 4.79 Å². The first kappa shape index (κ1) is 19.1. The standard InChI is InChI=1S/C17H27N5O3/c18-17(21-14-8-11-19-12-9-14)20-10-4-1-2-6-15(23)22-25-16-7-3-5-13-24-16/h8-9,11-12,16H,1-7,10,13H2,(H,22,23)(H3,18,19,20,21). The van der Waals surface area contributed by atoms with E-state index in [0.29, 0.717) is 19.6 Å². The minimum atomic E-state index is -0.305. The Bertz CT molecular complexity index is 520. The SMILES string of the molecule is N=C(NCCCCCC(=O)NOC1CCCCO1)Nc1ccncc1. The van der Waals surface area contributed by atoms with Crippen molar-refractivity contribution in [1.29, 1.82) is 5.41 Å². The van der Waals surface area contributed by atoms with Gasteiger partial charge in [0.1, 0.15) is 0 Å². The quantitative estimate of drug-likeness (QED) is 0.235. The smallest absolute Gasteiger partial charge is 0.243 e. The van der Waals surface area contributed by atoms with Crippen LogP contribution in [0.3, 0.4) is 0 Å². The van der Waals surface area contributed by atoms with Crippen LogP contribution in [0.15, 0.2) is 24.5 Å². The molecule has 1 fully saturated rings. The molecule has 2 heterocycles. The maximum absolute atomic E-state index is 11.7. The number of rotatable bonds is 9. The second kappa shape index (κ2) is 11.4. The largest absolute Gasteiger partial charge is 0.356 e. The lowest BCUT2D eigenvalue weighted by molar-refractivity contribution is -0.200. The van der Waals surface area contributed by atoms with Gasteiger partial charge in [0.05, 0.1) is 0 Å². The Morgan fingerprint density at radius 1 is 1.28 bits per heavy atom. The van der Waals surface area contributed by atoms with Gasteiger partial charge in [-0.05, 0) is 37.8 Å². The van der Waals surface area contributed by atoms with Crippen LogP contribution in [0.1, 0.15) is 44.9 Å². The number of ether oxygens (including phenoxy) is 1. The van der Waals surface area contributed by atoms with Crippen molar-refractivity contribution in [3.63, 3.8) is 0 Å². The molecular formula is C17H27N5O3. The lowest BCUT2D eigenvalue weighted by Gasteiger charge is -2.22. The zero-order chi connectivity index (χ0) is 17.7. The average Bonchev–Trinajstić information content (AvgIpc) is 2.64. The third-order valence-electron chi connectivity index (χ3n) is 3.77. The lowest BCUT2D eigenvalue weighted by Crippen LogP contribution is -2.33. The molecule has 1 aromatic heterocycles. The van der Waals surface area contributed by atoms with Gasteiger partial charge in [-0.25, -0.2) is 10.3 Å². The number of hydrogen-bond donors (Lipinski definition) is 4. The van der Waals surface area contributed by atoms with Gasteiger partial charge >= 0.3 is 0 Å². The molecule has 0 aromatic carbocycles. The Balaban J connectivity index is 1.43. The van der Waals surface area contributed by atoms with Gasteiger partial charge in [-0.3, -0.25) is 15.2 Å². The van der Waals surface area contributed by atoms with Crippen molar-refractivity contribution in [1.82, 2.24) is 15.8 Å². The van der Waals surface area contributed by atoms with Crippen molar-refractivity contribution < 1.29 is 14.4 Å². The van der Waals surface area contributed by atoms with E-state index < -0.39 is 0 Å². The number of carbonyl (C=O) groups is 1. The molecular weight excluding hydrogens is 322 g/mol. The first-order chi connectivity index (χ1) is 12.2. The molecule has 2 rings (SSSR count). The summed E-state index contributed by atoms with van der Waals surface area (Å²) in [5, 5.41) is 13.7. The van der Waals surface area contributed by atoms with Crippen LogP contribution in [0.4, 0.5) is 5.69 Å². The molecule has 1 atom stereocenters. The van der Waals surface area contributed by atoms with Crippen LogP contribution in [-0.2, 0) is 14.4 Å². The van der Waals surface area contributed by atoms with E-state index in [1.165, 1.54) is 0 Å². The molecule has 1 aromatic rings. The molecule has 1 aliphatic heterocycles. The van der Waals surface area contributed by atoms with Gasteiger partial charge < -0.3 is 15.4 Å². The van der Waals surface area contributed by atoms with E-state index in [1.54, 1.807) is 24.5 Å². The summed E-state index contributed by atoms with van der Waals surface area (Å²) >= 11 is 0. The van der Waals surface area contributed by atoms with Crippen LogP contribution in [0.25, 0.3) is 0 Å². The normalized spacial score (nSPS) is 16.9. The fraction of sp³-hybridized carbons (Fsp3) is 0.588. The van der Waals surface area contributed by atoms with Crippen molar-refractivity contribution in [2.45, 2.75) is 51.2 Å². The molecule has 1 amide bonds. The number of hydrogen-bond acceptors (Lipinski definition) is 5. The predicted octanol–water partition coefficient (Wildman–Crippen LogP) is 2.15. The number of hydroxylamine groups is 1. The summed E-state index contributed by atoms with van der Waals surface area (Å²) in [5.41, 5.74) is 3.29. The number of carbonyl (C=O) groups excluding carboxylic acids is 1. The third kappa shape index (κ3) is 8.46. The van der Waals surface area contributed by atoms with Crippen molar-refractivity contribution in [3.8, 4) is 0 Å². The van der Waals surface area contributed by atoms with Gasteiger partial charge in [-0.1, -0.05) is 6.42 Å². The summed E-state index contributed by atoms with van der Waals surface area (Å²) < 4.78 is 5.38. The van der Waals surface area contributed by atoms with Crippen molar-refractivity contribution in [2.24, 2.45) is 0 Å². The zero-order valence-corrected chi connectivity index (χ0v) is 14.4. The Labute approximate surface area is 148 Å². The summed E-state index contributed by atoms with van der Waals surface area (Å²) in [4.78, 5) is 20.8. The molecule has 0 radical (unpaired) electrons. The number of unbranched alkanes of at least 4 members (excludes halogenated alkanes) is 2. The average molecular weight is 349 g/mol. The molecule has 0 aliphatic carbocycles. The minimum Gasteiger partial charge on any atom is -0.356 e. The highest BCUT2D eigenvalue weighted by atomic mass is 16.8. The number of amides is 1. The fourth-order valence-electron chi connectivity index (χ4n) is 2.41. The highest BCUT2D eigenvalue weighted by molar-refractivity contribution is 5.90. The summed E-state index contributed by atoms with van der Waals surface area (Å²) in [6.07, 6.45) is 8.99. The lowest BCUT2D eigenvalue weighted by atomic mass is 10.2. The topological polar surface area (TPSA) is 108 Å². The zero-order valence-electron chi connectivity index (χ0n) is 14.4. The first-order valence-electron chi connectivity index (χ1n) is 8.79. The van der Waals surface area contributed by atoms with Gasteiger partial charge in [0.25, 0.3) is 0 Å². The van der Waals surface area contributed by atoms with E-state index in [1.807, 2.05) is 0 Å². The summed E-state index contributed by atoms with van der Waals surface area (Å²) in [6, 6.07) is 3.60. The van der Waals surface area contributed by atoms with Crippen molar-refractivity contribution in [3.05, 3.63) is 24.5 Å². The molecule has 25 heavy (non-hydrogen) atoms. The molecule has 1 saturated heterocycles. The van der Waals surface area contributed by atoms with Crippen molar-refractivity contribution >= 4 is 17.6 Å². The molecule has 8 heteroatoms. The molecule has 8 nitrogen and oxygen atoms in total. The number of nitrogens with one attached hydrogen (secondary N) is 4. The molecule has 1 aliphatic rings. The molecule has 0 saturated carbocycles. The fourth-order valence-corrected chi connectivity index (χ4v) is 2.41. The Morgan fingerprint density at radius 3 is 2.88 bits per heavy atom. The van der Waals surface area contributed by atoms with Gasteiger partial charge in [0.2, 0.25) is 5.91 Å². The second-order valence-corrected chi connectivity index (χ2v) is 5.91. The predicted molar refractivity (Wildman–Crippen MR) is 94.9 cm³/mol. The summed E-state index contributed by atoms with van der Waals surface area (Å²) in [7, 11) is 0. The summed E-state index contributed by atoms with van der Waals surface area (Å²) in [6.45, 7) is 1.38. The highest BCUT2D eigenvalue weighted by Crippen LogP contribution is 2.12. The minimum absolute atomic E-state index is 0.116. The molecule has 0 spiro atoms. The first-order valence-corrected chi connectivity index (χ1v) is 8.79. The number of nitrogens with zero attached hydrogens (tertiary/aromatic N) is 1. The van der Waals surface area contributed by atoms with Crippen LogP contribution in [0, 0.1) is 5.41 Å². The van der Waals surface area contributed by atoms with E-state index in [0.717, 1.165) is 44.2 Å². The van der Waals surface area contributed by atoms with Crippen LogP contribution >= 0.6 is 0 Å². The Hall–Kier alpha value is -2.19. The van der Waals surface area contributed by atoms with E-state index >= 15 is 0 Å². The monoisotopic (exact) mass is 349 g/mol. The van der Waals surface area contributed by atoms with E-state index in [4.69, 9.17) is 15.0 Å². The third-order valence-corrected chi connectivity index (χ3v) is 3.77. The number of anilines is 1. The van der Waals surface area contributed by atoms with Crippen molar-refractivity contribution in [2.75, 3.05) is 18.5 Å². The Kier molecular flexibility index (Phi) is 8.71. The van der Waals surface area contributed by atoms with Crippen LogP contribution in [0.5, 0.6) is 0 Å². The number of pyridine rings is 1. The molecule has 1 unspecified atom stereocenters. The van der Waals surface area contributed by atoms with Gasteiger partial charge in [-0.2, -0.15) is 0 Å². The van der Waals surface area contributed by atoms with Gasteiger partial charge in [0, 0.05) is 44.1 Å². The van der Waals surface area contributed by atoms with Crippen LogP contribution < -0.4 is 16.1 Å². The van der Waals surface area contributed by atoms with Crippen LogP contribution in [-0.4, -0.2) is 36.3 Å². The molecule has 4 N–H and O–H groups in total. The number of aromatic nitrogens is 1. The van der Waals surface area contributed by atoms with Crippen LogP contribution in [0.2, 0.25) is 0 Å². The van der Waals surface area contributed by atoms with Gasteiger partial charge in [-0.15, -0.1) is 0 Å². The molecule has 0 bridgehead atoms. The second-order valence-electron chi connectivity index (χ2n) is 5.91. The highest BCUT2D eigenvalue weighted by Gasteiger charge is 2.15. The maximum Gasteiger partial charge on any atom is 0.243 e.